The van der Waals surface area contributed by atoms with E-state index in [4.69, 9.17) is 4.74 Å². The van der Waals surface area contributed by atoms with Crippen LogP contribution in [0.5, 0.6) is 5.75 Å². The predicted molar refractivity (Wildman–Crippen MR) is 126 cm³/mol. The Morgan fingerprint density at radius 2 is 1.68 bits per heavy atom. The summed E-state index contributed by atoms with van der Waals surface area (Å²) in [5.74, 6) is -0.0984. The molecule has 168 valence electrons. The van der Waals surface area contributed by atoms with Crippen LogP contribution in [-0.2, 0) is 22.9 Å². The van der Waals surface area contributed by atoms with E-state index < -0.39 is 10.0 Å². The maximum absolute atomic E-state index is 13.2. The molecule has 0 radical (unpaired) electrons. The van der Waals surface area contributed by atoms with Gasteiger partial charge in [-0.05, 0) is 67.1 Å². The molecule has 0 atom stereocenters. The quantitative estimate of drug-likeness (QED) is 0.570. The fourth-order valence-electron chi connectivity index (χ4n) is 3.89. The number of aryl methyl sites for hydroxylation is 2. The van der Waals surface area contributed by atoms with E-state index in [1.807, 2.05) is 26.0 Å². The van der Waals surface area contributed by atoms with E-state index in [0.29, 0.717) is 13.1 Å². The molecule has 0 unspecified atom stereocenters. The van der Waals surface area contributed by atoms with Crippen molar-refractivity contribution in [1.82, 2.24) is 4.31 Å². The molecule has 0 aliphatic carbocycles. The largest absolute Gasteiger partial charge is 0.495 e. The minimum Gasteiger partial charge on any atom is -0.495 e. The van der Waals surface area contributed by atoms with E-state index in [-0.39, 0.29) is 22.1 Å². The Balaban J connectivity index is 1.98. The number of methoxy groups -OCH3 is 1. The number of sulfonamides is 1. The number of rotatable bonds is 7. The average Bonchev–Trinajstić information content (AvgIpc) is 2.79. The molecule has 2 aromatic carbocycles. The van der Waals surface area contributed by atoms with Crippen LogP contribution in [0.3, 0.4) is 0 Å². The van der Waals surface area contributed by atoms with Gasteiger partial charge in [0.25, 0.3) is 5.91 Å². The number of carbonyl (C=O) groups is 1. The summed E-state index contributed by atoms with van der Waals surface area (Å²) in [5, 5.41) is 3.01. The number of hydrogen-bond acceptors (Lipinski definition) is 4. The number of amides is 1. The number of anilines is 1. The molecule has 6 nitrogen and oxygen atoms in total. The van der Waals surface area contributed by atoms with Crippen molar-refractivity contribution in [2.75, 3.05) is 25.5 Å². The molecule has 1 amide bonds. The Labute approximate surface area is 193 Å². The summed E-state index contributed by atoms with van der Waals surface area (Å²) in [6, 6.07) is 8.56. The van der Waals surface area contributed by atoms with E-state index >= 15 is 0 Å². The highest BCUT2D eigenvalue weighted by Gasteiger charge is 2.30. The molecule has 1 fully saturated rings. The van der Waals surface area contributed by atoms with Gasteiger partial charge in [0.05, 0.1) is 7.11 Å². The summed E-state index contributed by atoms with van der Waals surface area (Å²) in [4.78, 5) is 13.2. The Morgan fingerprint density at radius 1 is 1.06 bits per heavy atom. The first-order valence-corrected chi connectivity index (χ1v) is 12.9. The van der Waals surface area contributed by atoms with Crippen molar-refractivity contribution in [2.24, 2.45) is 0 Å². The maximum atomic E-state index is 13.2. The van der Waals surface area contributed by atoms with E-state index in [2.05, 4.69) is 21.2 Å². The van der Waals surface area contributed by atoms with Gasteiger partial charge in [-0.2, -0.15) is 4.31 Å². The second-order valence-electron chi connectivity index (χ2n) is 7.59. The van der Waals surface area contributed by atoms with Crippen LogP contribution in [0.2, 0.25) is 0 Å². The summed E-state index contributed by atoms with van der Waals surface area (Å²) in [6.45, 7) is 5.04. The number of nitrogens with one attached hydrogen (secondary N) is 1. The van der Waals surface area contributed by atoms with Gasteiger partial charge in [0.2, 0.25) is 10.0 Å². The zero-order valence-corrected chi connectivity index (χ0v) is 20.6. The van der Waals surface area contributed by atoms with Gasteiger partial charge >= 0.3 is 0 Å². The molecule has 0 spiro atoms. The van der Waals surface area contributed by atoms with E-state index in [0.717, 1.165) is 53.4 Å². The number of benzene rings is 2. The number of ether oxygens (including phenoxy) is 1. The molecule has 0 aromatic heterocycles. The van der Waals surface area contributed by atoms with Crippen molar-refractivity contribution in [2.45, 2.75) is 50.8 Å². The number of halogens is 1. The van der Waals surface area contributed by atoms with Gasteiger partial charge < -0.3 is 10.1 Å². The molecular formula is C23H29BrN2O4S. The molecule has 1 N–H and O–H groups in total. The van der Waals surface area contributed by atoms with Crippen LogP contribution in [0.4, 0.5) is 5.69 Å². The summed E-state index contributed by atoms with van der Waals surface area (Å²) < 4.78 is 34.3. The van der Waals surface area contributed by atoms with Gasteiger partial charge in [0.15, 0.2) is 0 Å². The van der Waals surface area contributed by atoms with Crippen LogP contribution in [-0.4, -0.2) is 38.8 Å². The van der Waals surface area contributed by atoms with Crippen molar-refractivity contribution in [3.63, 3.8) is 0 Å². The lowest BCUT2D eigenvalue weighted by molar-refractivity contribution is 0.102. The number of hydrogen-bond donors (Lipinski definition) is 1. The first-order chi connectivity index (χ1) is 14.8. The zero-order valence-electron chi connectivity index (χ0n) is 18.2. The number of piperidine rings is 1. The topological polar surface area (TPSA) is 75.7 Å². The standard InChI is InChI=1S/C23H29BrN2O4S/c1-4-16-13-19(24)14-17(5-2)22(16)25-23(27)18-9-10-20(30-3)21(15-18)31(28,29)26-11-7-6-8-12-26/h9-10,13-15H,4-8,11-12H2,1-3H3,(H,25,27). The van der Waals surface area contributed by atoms with Crippen molar-refractivity contribution in [3.05, 3.63) is 51.5 Å². The lowest BCUT2D eigenvalue weighted by Crippen LogP contribution is -2.35. The summed E-state index contributed by atoms with van der Waals surface area (Å²) in [6.07, 6.45) is 4.23. The smallest absolute Gasteiger partial charge is 0.255 e. The van der Waals surface area contributed by atoms with Gasteiger partial charge in [-0.3, -0.25) is 4.79 Å². The molecule has 1 aliphatic rings. The van der Waals surface area contributed by atoms with Gasteiger partial charge in [0, 0.05) is 28.8 Å². The molecule has 1 saturated heterocycles. The van der Waals surface area contributed by atoms with E-state index in [9.17, 15) is 13.2 Å². The van der Waals surface area contributed by atoms with Crippen LogP contribution in [0.15, 0.2) is 39.7 Å². The minimum atomic E-state index is -3.74. The highest BCUT2D eigenvalue weighted by atomic mass is 79.9. The molecule has 8 heteroatoms. The molecule has 0 bridgehead atoms. The van der Waals surface area contributed by atoms with Crippen LogP contribution in [0, 0.1) is 0 Å². The molecule has 1 aliphatic heterocycles. The van der Waals surface area contributed by atoms with E-state index in [1.165, 1.54) is 17.5 Å². The van der Waals surface area contributed by atoms with Gasteiger partial charge in [0.1, 0.15) is 10.6 Å². The van der Waals surface area contributed by atoms with Crippen molar-refractivity contribution in [3.8, 4) is 5.75 Å². The van der Waals surface area contributed by atoms with Crippen LogP contribution in [0.1, 0.15) is 54.6 Å². The molecule has 2 aromatic rings. The Bertz CT molecular complexity index is 1040. The molecule has 1 heterocycles. The fraction of sp³-hybridized carbons (Fsp3) is 0.435. The predicted octanol–water partition coefficient (Wildman–Crippen LogP) is 5.01. The third-order valence-electron chi connectivity index (χ3n) is 5.63. The third-order valence-corrected chi connectivity index (χ3v) is 8.00. The Hall–Kier alpha value is -1.90. The maximum Gasteiger partial charge on any atom is 0.255 e. The molecule has 0 saturated carbocycles. The van der Waals surface area contributed by atoms with E-state index in [1.54, 1.807) is 12.1 Å². The number of carbonyl (C=O) groups excluding carboxylic acids is 1. The first-order valence-electron chi connectivity index (χ1n) is 10.6. The second-order valence-corrected chi connectivity index (χ2v) is 10.4. The Morgan fingerprint density at radius 3 is 2.23 bits per heavy atom. The number of nitrogens with zero attached hydrogens (tertiary/aromatic N) is 1. The summed E-state index contributed by atoms with van der Waals surface area (Å²) >= 11 is 3.53. The second kappa shape index (κ2) is 10.1. The molecular weight excluding hydrogens is 480 g/mol. The van der Waals surface area contributed by atoms with Gasteiger partial charge in [-0.15, -0.1) is 0 Å². The minimum absolute atomic E-state index is 0.0341. The van der Waals surface area contributed by atoms with Crippen molar-refractivity contribution >= 4 is 37.5 Å². The van der Waals surface area contributed by atoms with Gasteiger partial charge in [-0.25, -0.2) is 8.42 Å². The lowest BCUT2D eigenvalue weighted by Gasteiger charge is -2.26. The van der Waals surface area contributed by atoms with Crippen LogP contribution < -0.4 is 10.1 Å². The average molecular weight is 509 g/mol. The van der Waals surface area contributed by atoms with Crippen LogP contribution >= 0.6 is 15.9 Å². The zero-order chi connectivity index (χ0) is 22.6. The monoisotopic (exact) mass is 508 g/mol. The SMILES string of the molecule is CCc1cc(Br)cc(CC)c1NC(=O)c1ccc(OC)c(S(=O)(=O)N2CCCCC2)c1. The van der Waals surface area contributed by atoms with Gasteiger partial charge in [-0.1, -0.05) is 36.2 Å². The lowest BCUT2D eigenvalue weighted by atomic mass is 10.0. The highest BCUT2D eigenvalue weighted by Crippen LogP contribution is 2.31. The van der Waals surface area contributed by atoms with Crippen molar-refractivity contribution in [1.29, 1.82) is 0 Å². The van der Waals surface area contributed by atoms with Crippen molar-refractivity contribution < 1.29 is 17.9 Å². The fourth-order valence-corrected chi connectivity index (χ4v) is 6.14. The normalized spacial score (nSPS) is 15.0. The summed E-state index contributed by atoms with van der Waals surface area (Å²) in [7, 11) is -2.31. The highest BCUT2D eigenvalue weighted by molar-refractivity contribution is 9.10. The van der Waals surface area contributed by atoms with Crippen LogP contribution in [0.25, 0.3) is 0 Å². The molecule has 31 heavy (non-hydrogen) atoms. The third kappa shape index (κ3) is 5.13. The Kier molecular flexibility index (Phi) is 7.78. The molecule has 3 rings (SSSR count). The summed E-state index contributed by atoms with van der Waals surface area (Å²) in [5.41, 5.74) is 3.11. The first kappa shape index (κ1) is 23.8.